The van der Waals surface area contributed by atoms with Crippen molar-refractivity contribution in [3.63, 3.8) is 0 Å². The standard InChI is InChI=1S/C19H20FN5O3/c1-11(10-28-2)21-19(23-18(27)12-4-3-5-14(26)8-12)22-17-15-7-6-13(20)9-16(15)24-25-17/h3-9,11,26H,10H2,1-2H3,(H3,21,22,23,24,25,27)/t11-/m0/s1. The molecule has 1 heterocycles. The number of methoxy groups -OCH3 is 1. The molecular formula is C19H20FN5O3. The summed E-state index contributed by atoms with van der Waals surface area (Å²) in [5.74, 6) is -0.365. The number of aromatic nitrogens is 2. The van der Waals surface area contributed by atoms with Crippen LogP contribution in [0.4, 0.5) is 10.2 Å². The number of H-pyrrole nitrogens is 1. The summed E-state index contributed by atoms with van der Waals surface area (Å²) in [4.78, 5) is 16.6. The predicted octanol–water partition coefficient (Wildman–Crippen LogP) is 2.64. The van der Waals surface area contributed by atoms with Crippen LogP contribution in [0.15, 0.2) is 47.5 Å². The Morgan fingerprint density at radius 2 is 2.18 bits per heavy atom. The fraction of sp³-hybridized carbons (Fsp3) is 0.211. The van der Waals surface area contributed by atoms with Gasteiger partial charge in [0, 0.05) is 30.2 Å². The Hall–Kier alpha value is -3.46. The number of rotatable bonds is 5. The molecule has 0 aliphatic carbocycles. The molecule has 1 aromatic heterocycles. The average molecular weight is 385 g/mol. The molecular weight excluding hydrogens is 365 g/mol. The van der Waals surface area contributed by atoms with E-state index in [4.69, 9.17) is 4.74 Å². The molecule has 0 fully saturated rings. The van der Waals surface area contributed by atoms with Crippen LogP contribution in [0.3, 0.4) is 0 Å². The zero-order valence-electron chi connectivity index (χ0n) is 15.4. The van der Waals surface area contributed by atoms with Crippen molar-refractivity contribution in [3.05, 3.63) is 53.8 Å². The van der Waals surface area contributed by atoms with Crippen molar-refractivity contribution in [1.29, 1.82) is 0 Å². The Bertz CT molecular complexity index is 1020. The van der Waals surface area contributed by atoms with Crippen molar-refractivity contribution in [2.24, 2.45) is 4.99 Å². The highest BCUT2D eigenvalue weighted by atomic mass is 19.1. The second kappa shape index (κ2) is 8.49. The lowest BCUT2D eigenvalue weighted by Gasteiger charge is -2.16. The largest absolute Gasteiger partial charge is 0.508 e. The lowest BCUT2D eigenvalue weighted by Crippen LogP contribution is -2.40. The number of fused-ring (bicyclic) bond motifs is 1. The van der Waals surface area contributed by atoms with Crippen LogP contribution in [0.2, 0.25) is 0 Å². The summed E-state index contributed by atoms with van der Waals surface area (Å²) < 4.78 is 18.5. The van der Waals surface area contributed by atoms with Crippen molar-refractivity contribution < 1.29 is 19.0 Å². The second-order valence-corrected chi connectivity index (χ2v) is 6.20. The summed E-state index contributed by atoms with van der Waals surface area (Å²) in [5, 5.41) is 23.1. The minimum absolute atomic E-state index is 0.0298. The highest BCUT2D eigenvalue weighted by Crippen LogP contribution is 2.21. The molecule has 0 aliphatic rings. The van der Waals surface area contributed by atoms with Gasteiger partial charge in [0.05, 0.1) is 12.1 Å². The molecule has 0 spiro atoms. The molecule has 1 amide bonds. The van der Waals surface area contributed by atoms with E-state index in [1.54, 1.807) is 25.3 Å². The van der Waals surface area contributed by atoms with Gasteiger partial charge in [0.15, 0.2) is 0 Å². The number of benzene rings is 2. The van der Waals surface area contributed by atoms with Gasteiger partial charge in [-0.1, -0.05) is 6.07 Å². The average Bonchev–Trinajstić information content (AvgIpc) is 3.03. The van der Waals surface area contributed by atoms with E-state index in [9.17, 15) is 14.3 Å². The summed E-state index contributed by atoms with van der Waals surface area (Å²) in [6.07, 6.45) is 0. The summed E-state index contributed by atoms with van der Waals surface area (Å²) >= 11 is 0. The minimum atomic E-state index is -0.551. The lowest BCUT2D eigenvalue weighted by molar-refractivity contribution is 0.100. The maximum Gasteiger partial charge on any atom is 0.280 e. The summed E-state index contributed by atoms with van der Waals surface area (Å²) in [5.41, 5.74) is 0.670. The number of hydrogen-bond acceptors (Lipinski definition) is 4. The monoisotopic (exact) mass is 385 g/mol. The first kappa shape index (κ1) is 19.3. The number of phenols is 1. The Morgan fingerprint density at radius 3 is 2.93 bits per heavy atom. The number of amides is 1. The van der Waals surface area contributed by atoms with Crippen LogP contribution in [0, 0.1) is 5.82 Å². The van der Waals surface area contributed by atoms with E-state index in [2.05, 4.69) is 25.8 Å². The zero-order valence-corrected chi connectivity index (χ0v) is 15.4. The number of carbonyl (C=O) groups excluding carboxylic acids is 1. The minimum Gasteiger partial charge on any atom is -0.508 e. The van der Waals surface area contributed by atoms with Gasteiger partial charge in [0.25, 0.3) is 5.91 Å². The van der Waals surface area contributed by atoms with Crippen LogP contribution >= 0.6 is 0 Å². The van der Waals surface area contributed by atoms with Crippen molar-refractivity contribution in [2.45, 2.75) is 13.0 Å². The van der Waals surface area contributed by atoms with E-state index < -0.39 is 11.7 Å². The Kier molecular flexibility index (Phi) is 5.85. The smallest absolute Gasteiger partial charge is 0.280 e. The molecule has 1 atom stereocenters. The van der Waals surface area contributed by atoms with Crippen molar-refractivity contribution in [2.75, 3.05) is 19.0 Å². The number of halogens is 1. The highest BCUT2D eigenvalue weighted by molar-refractivity contribution is 6.08. The molecule has 28 heavy (non-hydrogen) atoms. The van der Waals surface area contributed by atoms with E-state index in [0.717, 1.165) is 0 Å². The second-order valence-electron chi connectivity index (χ2n) is 6.20. The molecule has 0 saturated heterocycles. The number of hydrogen-bond donors (Lipinski definition) is 4. The van der Waals surface area contributed by atoms with Crippen molar-refractivity contribution in [3.8, 4) is 5.75 Å². The van der Waals surface area contributed by atoms with Crippen LogP contribution in [0.1, 0.15) is 17.3 Å². The normalized spacial score (nSPS) is 12.8. The lowest BCUT2D eigenvalue weighted by atomic mass is 10.2. The number of phenolic OH excluding ortho intramolecular Hbond substituents is 1. The van der Waals surface area contributed by atoms with Crippen molar-refractivity contribution in [1.82, 2.24) is 15.5 Å². The summed E-state index contributed by atoms with van der Waals surface area (Å²) in [6, 6.07) is 9.94. The van der Waals surface area contributed by atoms with Gasteiger partial charge in [-0.15, -0.1) is 0 Å². The number of ether oxygens (including phenoxy) is 1. The van der Waals surface area contributed by atoms with Crippen LogP contribution in [0.25, 0.3) is 10.9 Å². The van der Waals surface area contributed by atoms with E-state index in [1.165, 1.54) is 24.3 Å². The molecule has 8 nitrogen and oxygen atoms in total. The van der Waals surface area contributed by atoms with Crippen LogP contribution in [0.5, 0.6) is 5.75 Å². The third-order valence-corrected chi connectivity index (χ3v) is 3.87. The molecule has 9 heteroatoms. The third kappa shape index (κ3) is 4.63. The van der Waals surface area contributed by atoms with E-state index in [-0.39, 0.29) is 23.3 Å². The van der Waals surface area contributed by atoms with Gasteiger partial charge < -0.3 is 20.5 Å². The number of nitrogens with one attached hydrogen (secondary N) is 3. The third-order valence-electron chi connectivity index (χ3n) is 3.87. The molecule has 0 saturated carbocycles. The van der Waals surface area contributed by atoms with Crippen LogP contribution < -0.4 is 10.6 Å². The van der Waals surface area contributed by atoms with Gasteiger partial charge in [0.1, 0.15) is 17.4 Å². The van der Waals surface area contributed by atoms with E-state index in [1.807, 2.05) is 6.92 Å². The number of nitrogens with zero attached hydrogens (tertiary/aromatic N) is 2. The van der Waals surface area contributed by atoms with Gasteiger partial charge in [0.2, 0.25) is 5.96 Å². The van der Waals surface area contributed by atoms with Gasteiger partial charge in [-0.05, 0) is 37.3 Å². The van der Waals surface area contributed by atoms with Crippen LogP contribution in [-0.2, 0) is 4.74 Å². The molecule has 2 aromatic carbocycles. The number of carbonyl (C=O) groups is 1. The Labute approximate surface area is 160 Å². The number of anilines is 1. The first-order chi connectivity index (χ1) is 13.5. The van der Waals surface area contributed by atoms with E-state index >= 15 is 0 Å². The highest BCUT2D eigenvalue weighted by Gasteiger charge is 2.14. The molecule has 3 rings (SSSR count). The first-order valence-corrected chi connectivity index (χ1v) is 8.54. The maximum absolute atomic E-state index is 13.4. The van der Waals surface area contributed by atoms with Gasteiger partial charge in [-0.25, -0.2) is 4.39 Å². The molecule has 0 unspecified atom stereocenters. The van der Waals surface area contributed by atoms with Gasteiger partial charge in [-0.3, -0.25) is 9.89 Å². The first-order valence-electron chi connectivity index (χ1n) is 8.54. The number of aliphatic imine (C=N–C) groups is 1. The van der Waals surface area contributed by atoms with Crippen molar-refractivity contribution >= 4 is 28.6 Å². The predicted molar refractivity (Wildman–Crippen MR) is 104 cm³/mol. The number of guanidine groups is 1. The number of aromatic amines is 1. The zero-order chi connectivity index (χ0) is 20.1. The van der Waals surface area contributed by atoms with Gasteiger partial charge >= 0.3 is 0 Å². The van der Waals surface area contributed by atoms with Gasteiger partial charge in [-0.2, -0.15) is 10.1 Å². The Balaban J connectivity index is 1.90. The molecule has 4 N–H and O–H groups in total. The fourth-order valence-electron chi connectivity index (χ4n) is 2.63. The summed E-state index contributed by atoms with van der Waals surface area (Å²) in [7, 11) is 1.57. The van der Waals surface area contributed by atoms with E-state index in [0.29, 0.717) is 23.3 Å². The quantitative estimate of drug-likeness (QED) is 0.397. The molecule has 3 aromatic rings. The molecule has 0 radical (unpaired) electrons. The molecule has 146 valence electrons. The fourth-order valence-corrected chi connectivity index (χ4v) is 2.63. The number of aromatic hydroxyl groups is 1. The SMILES string of the molecule is COC[C@H](C)N/C(=N/C(=O)c1cccc(O)c1)Nc1[nH]nc2cc(F)ccc12. The van der Waals surface area contributed by atoms with Crippen LogP contribution in [-0.4, -0.2) is 46.9 Å². The summed E-state index contributed by atoms with van der Waals surface area (Å²) in [6.45, 7) is 2.25. The molecule has 0 aliphatic heterocycles. The molecule has 0 bridgehead atoms. The topological polar surface area (TPSA) is 112 Å². The Morgan fingerprint density at radius 1 is 1.36 bits per heavy atom. The maximum atomic E-state index is 13.4.